The van der Waals surface area contributed by atoms with Crippen LogP contribution in [0, 0.1) is 12.3 Å². The van der Waals surface area contributed by atoms with Gasteiger partial charge in [0.2, 0.25) is 0 Å². The molecule has 2 aromatic carbocycles. The van der Waals surface area contributed by atoms with Gasteiger partial charge in [0.25, 0.3) is 0 Å². The third-order valence-electron chi connectivity index (χ3n) is 2.97. The highest BCUT2D eigenvalue weighted by Crippen LogP contribution is 2.27. The minimum atomic E-state index is 0.743. The van der Waals surface area contributed by atoms with Crippen LogP contribution in [0.5, 0.6) is 5.75 Å². The van der Waals surface area contributed by atoms with Gasteiger partial charge in [-0.25, -0.2) is 0 Å². The van der Waals surface area contributed by atoms with Gasteiger partial charge in [-0.1, -0.05) is 30.3 Å². The Kier molecular flexibility index (Phi) is 4.22. The molecule has 18 heavy (non-hydrogen) atoms. The summed E-state index contributed by atoms with van der Waals surface area (Å²) < 4.78 is 5.43. The van der Waals surface area contributed by atoms with Crippen LogP contribution < -0.4 is 10.1 Å². The molecule has 0 spiro atoms. The van der Waals surface area contributed by atoms with E-state index in [1.54, 1.807) is 7.11 Å². The molecule has 0 aliphatic heterocycles. The van der Waals surface area contributed by atoms with Crippen LogP contribution in [-0.4, -0.2) is 13.7 Å². The molecule has 0 saturated carbocycles. The smallest absolute Gasteiger partial charge is 0.123 e. The molecule has 2 nitrogen and oxygen atoms in total. The molecular weight excluding hydrogens is 222 g/mol. The second-order valence-electron chi connectivity index (χ2n) is 4.10. The van der Waals surface area contributed by atoms with E-state index in [-0.39, 0.29) is 0 Å². The summed E-state index contributed by atoms with van der Waals surface area (Å²) in [6.07, 6.45) is 5.98. The molecule has 0 aliphatic carbocycles. The lowest BCUT2D eigenvalue weighted by molar-refractivity contribution is 0.409. The van der Waals surface area contributed by atoms with E-state index in [4.69, 9.17) is 11.2 Å². The van der Waals surface area contributed by atoms with Crippen molar-refractivity contribution in [2.75, 3.05) is 13.7 Å². The van der Waals surface area contributed by atoms with Gasteiger partial charge < -0.3 is 10.1 Å². The normalized spacial score (nSPS) is 10.2. The minimum Gasteiger partial charge on any atom is -0.496 e. The summed E-state index contributed by atoms with van der Waals surface area (Å²) in [7, 11) is 1.70. The first-order chi connectivity index (χ1) is 8.86. The SMILES string of the molecule is C#CCCNCc1c(OC)ccc2ccccc12. The summed E-state index contributed by atoms with van der Waals surface area (Å²) >= 11 is 0. The van der Waals surface area contributed by atoms with E-state index in [0.29, 0.717) is 0 Å². The van der Waals surface area contributed by atoms with Gasteiger partial charge in [0.05, 0.1) is 7.11 Å². The second kappa shape index (κ2) is 6.09. The lowest BCUT2D eigenvalue weighted by Gasteiger charge is -2.12. The number of terminal acetylenes is 1. The van der Waals surface area contributed by atoms with Gasteiger partial charge in [-0.2, -0.15) is 0 Å². The van der Waals surface area contributed by atoms with Crippen molar-refractivity contribution in [1.82, 2.24) is 5.32 Å². The summed E-state index contributed by atoms with van der Waals surface area (Å²) in [5.74, 6) is 3.54. The summed E-state index contributed by atoms with van der Waals surface area (Å²) in [5.41, 5.74) is 1.19. The standard InChI is InChI=1S/C16H17NO/c1-3-4-11-17-12-15-14-8-6-5-7-13(14)9-10-16(15)18-2/h1,5-10,17H,4,11-12H2,2H3. The number of fused-ring (bicyclic) bond motifs is 1. The molecular formula is C16H17NO. The number of nitrogens with one attached hydrogen (secondary N) is 1. The number of hydrogen-bond acceptors (Lipinski definition) is 2. The molecule has 2 aromatic rings. The Morgan fingerprint density at radius 2 is 2.06 bits per heavy atom. The van der Waals surface area contributed by atoms with Crippen LogP contribution in [-0.2, 0) is 6.54 Å². The van der Waals surface area contributed by atoms with E-state index in [2.05, 4.69) is 29.4 Å². The third kappa shape index (κ3) is 2.64. The monoisotopic (exact) mass is 239 g/mol. The molecule has 0 radical (unpaired) electrons. The molecule has 0 aromatic heterocycles. The van der Waals surface area contributed by atoms with Crippen molar-refractivity contribution in [2.45, 2.75) is 13.0 Å². The minimum absolute atomic E-state index is 0.743. The largest absolute Gasteiger partial charge is 0.496 e. The zero-order valence-electron chi connectivity index (χ0n) is 10.6. The van der Waals surface area contributed by atoms with Crippen LogP contribution in [0.1, 0.15) is 12.0 Å². The third-order valence-corrected chi connectivity index (χ3v) is 2.97. The summed E-state index contributed by atoms with van der Waals surface area (Å²) in [6, 6.07) is 12.4. The summed E-state index contributed by atoms with van der Waals surface area (Å²) in [5, 5.41) is 5.80. The lowest BCUT2D eigenvalue weighted by atomic mass is 10.0. The Morgan fingerprint density at radius 1 is 1.22 bits per heavy atom. The predicted molar refractivity (Wildman–Crippen MR) is 75.7 cm³/mol. The van der Waals surface area contributed by atoms with Crippen LogP contribution in [0.15, 0.2) is 36.4 Å². The van der Waals surface area contributed by atoms with Gasteiger partial charge >= 0.3 is 0 Å². The van der Waals surface area contributed by atoms with Crippen molar-refractivity contribution in [1.29, 1.82) is 0 Å². The van der Waals surface area contributed by atoms with Gasteiger partial charge in [0, 0.05) is 25.1 Å². The molecule has 2 rings (SSSR count). The summed E-state index contributed by atoms with van der Waals surface area (Å²) in [6.45, 7) is 1.59. The molecule has 0 unspecified atom stereocenters. The lowest BCUT2D eigenvalue weighted by Crippen LogP contribution is -2.15. The van der Waals surface area contributed by atoms with Gasteiger partial charge in [0.1, 0.15) is 5.75 Å². The average molecular weight is 239 g/mol. The van der Waals surface area contributed by atoms with Crippen LogP contribution >= 0.6 is 0 Å². The molecule has 0 bridgehead atoms. The first-order valence-corrected chi connectivity index (χ1v) is 6.05. The van der Waals surface area contributed by atoms with Gasteiger partial charge in [-0.15, -0.1) is 12.3 Å². The fourth-order valence-electron chi connectivity index (χ4n) is 2.06. The van der Waals surface area contributed by atoms with Crippen molar-refractivity contribution in [2.24, 2.45) is 0 Å². The maximum absolute atomic E-state index is 5.43. The highest BCUT2D eigenvalue weighted by atomic mass is 16.5. The van der Waals surface area contributed by atoms with Gasteiger partial charge in [-0.3, -0.25) is 0 Å². The maximum Gasteiger partial charge on any atom is 0.123 e. The zero-order valence-corrected chi connectivity index (χ0v) is 10.6. The number of hydrogen-bond donors (Lipinski definition) is 1. The molecule has 0 atom stereocenters. The maximum atomic E-state index is 5.43. The molecule has 0 aliphatic rings. The van der Waals surface area contributed by atoms with Crippen LogP contribution in [0.3, 0.4) is 0 Å². The van der Waals surface area contributed by atoms with Gasteiger partial charge in [0.15, 0.2) is 0 Å². The van der Waals surface area contributed by atoms with Crippen LogP contribution in [0.4, 0.5) is 0 Å². The fraction of sp³-hybridized carbons (Fsp3) is 0.250. The topological polar surface area (TPSA) is 21.3 Å². The summed E-state index contributed by atoms with van der Waals surface area (Å²) in [4.78, 5) is 0. The zero-order chi connectivity index (χ0) is 12.8. The van der Waals surface area contributed by atoms with E-state index >= 15 is 0 Å². The number of methoxy groups -OCH3 is 1. The Bertz CT molecular complexity index is 569. The van der Waals surface area contributed by atoms with Gasteiger partial charge in [-0.05, 0) is 16.8 Å². The number of ether oxygens (including phenoxy) is 1. The van der Waals surface area contributed by atoms with E-state index in [0.717, 1.165) is 25.3 Å². The highest BCUT2D eigenvalue weighted by Gasteiger charge is 2.07. The van der Waals surface area contributed by atoms with Crippen molar-refractivity contribution in [3.05, 3.63) is 42.0 Å². The molecule has 0 fully saturated rings. The molecule has 0 amide bonds. The Morgan fingerprint density at radius 3 is 2.83 bits per heavy atom. The number of rotatable bonds is 5. The van der Waals surface area contributed by atoms with E-state index in [1.807, 2.05) is 18.2 Å². The van der Waals surface area contributed by atoms with E-state index in [1.165, 1.54) is 16.3 Å². The van der Waals surface area contributed by atoms with E-state index in [9.17, 15) is 0 Å². The Labute approximate surface area is 108 Å². The highest BCUT2D eigenvalue weighted by molar-refractivity contribution is 5.87. The predicted octanol–water partition coefficient (Wildman–Crippen LogP) is 2.96. The number of benzene rings is 2. The first kappa shape index (κ1) is 12.5. The fourth-order valence-corrected chi connectivity index (χ4v) is 2.06. The first-order valence-electron chi connectivity index (χ1n) is 6.05. The Hall–Kier alpha value is -1.98. The molecule has 92 valence electrons. The van der Waals surface area contributed by atoms with Crippen LogP contribution in [0.25, 0.3) is 10.8 Å². The average Bonchev–Trinajstić information content (AvgIpc) is 2.43. The van der Waals surface area contributed by atoms with E-state index < -0.39 is 0 Å². The molecule has 0 saturated heterocycles. The quantitative estimate of drug-likeness (QED) is 0.640. The van der Waals surface area contributed by atoms with Crippen LogP contribution in [0.2, 0.25) is 0 Å². The van der Waals surface area contributed by atoms with Crippen molar-refractivity contribution < 1.29 is 4.74 Å². The molecule has 2 heteroatoms. The van der Waals surface area contributed by atoms with Crippen molar-refractivity contribution >= 4 is 10.8 Å². The second-order valence-corrected chi connectivity index (χ2v) is 4.10. The molecule has 1 N–H and O–H groups in total. The van der Waals surface area contributed by atoms with Crippen molar-refractivity contribution in [3.8, 4) is 18.1 Å². The van der Waals surface area contributed by atoms with Crippen molar-refractivity contribution in [3.63, 3.8) is 0 Å². The molecule has 0 heterocycles. The Balaban J connectivity index is 2.30.